The third-order valence-corrected chi connectivity index (χ3v) is 3.58. The van der Waals surface area contributed by atoms with E-state index in [0.29, 0.717) is 17.2 Å². The lowest BCUT2D eigenvalue weighted by molar-refractivity contribution is -0.119. The van der Waals surface area contributed by atoms with Crippen LogP contribution in [0.15, 0.2) is 36.4 Å². The number of halogens is 2. The first-order chi connectivity index (χ1) is 13.9. The van der Waals surface area contributed by atoms with E-state index in [-0.39, 0.29) is 17.1 Å². The zero-order valence-corrected chi connectivity index (χ0v) is 15.9. The molecular weight excluding hydrogens is 392 g/mol. The van der Waals surface area contributed by atoms with E-state index in [2.05, 4.69) is 10.1 Å². The number of carbonyl (C=O) groups excluding carboxylic acids is 2. The average Bonchev–Trinajstić information content (AvgIpc) is 2.71. The summed E-state index contributed by atoms with van der Waals surface area (Å²) in [5, 5.41) is 2.55. The standard InChI is InChI=1S/C19H19F2NO7/c1-25-13-7-12(8-14(9-13)26-2)22-17(23)10-28-18(24)11-4-5-15(29-19(20)21)16(6-11)27-3/h4-9,19H,10H2,1-3H3,(H,22,23). The van der Waals surface area contributed by atoms with Crippen LogP contribution in [0.4, 0.5) is 14.5 Å². The second-order valence-corrected chi connectivity index (χ2v) is 5.47. The van der Waals surface area contributed by atoms with Crippen molar-refractivity contribution in [2.75, 3.05) is 33.3 Å². The molecule has 2 aromatic rings. The van der Waals surface area contributed by atoms with Gasteiger partial charge in [-0.15, -0.1) is 0 Å². The Morgan fingerprint density at radius 2 is 1.59 bits per heavy atom. The van der Waals surface area contributed by atoms with E-state index in [4.69, 9.17) is 18.9 Å². The molecule has 0 saturated carbocycles. The lowest BCUT2D eigenvalue weighted by atomic mass is 10.2. The molecule has 0 aromatic heterocycles. The van der Waals surface area contributed by atoms with Crippen molar-refractivity contribution in [3.63, 3.8) is 0 Å². The number of benzene rings is 2. The number of anilines is 1. The Balaban J connectivity index is 1.99. The van der Waals surface area contributed by atoms with Gasteiger partial charge in [-0.3, -0.25) is 4.79 Å². The molecule has 1 N–H and O–H groups in total. The predicted molar refractivity (Wildman–Crippen MR) is 98.1 cm³/mol. The summed E-state index contributed by atoms with van der Waals surface area (Å²) in [4.78, 5) is 24.2. The van der Waals surface area contributed by atoms with Gasteiger partial charge < -0.3 is 29.0 Å². The van der Waals surface area contributed by atoms with Crippen LogP contribution < -0.4 is 24.3 Å². The summed E-state index contributed by atoms with van der Waals surface area (Å²) in [6.07, 6.45) is 0. The third-order valence-electron chi connectivity index (χ3n) is 3.58. The summed E-state index contributed by atoms with van der Waals surface area (Å²) in [6.45, 7) is -3.61. The number of amides is 1. The summed E-state index contributed by atoms with van der Waals surface area (Å²) < 4.78 is 49.0. The molecule has 2 aromatic carbocycles. The molecule has 2 rings (SSSR count). The molecule has 0 atom stereocenters. The molecule has 156 valence electrons. The van der Waals surface area contributed by atoms with Gasteiger partial charge in [0.1, 0.15) is 11.5 Å². The van der Waals surface area contributed by atoms with E-state index in [1.807, 2.05) is 0 Å². The van der Waals surface area contributed by atoms with Crippen molar-refractivity contribution >= 4 is 17.6 Å². The van der Waals surface area contributed by atoms with Gasteiger partial charge in [-0.2, -0.15) is 8.78 Å². The van der Waals surface area contributed by atoms with Gasteiger partial charge in [0.2, 0.25) is 0 Å². The fourth-order valence-corrected chi connectivity index (χ4v) is 2.28. The summed E-state index contributed by atoms with van der Waals surface area (Å²) in [5.41, 5.74) is 0.386. The number of methoxy groups -OCH3 is 3. The quantitative estimate of drug-likeness (QED) is 0.634. The number of carbonyl (C=O) groups is 2. The highest BCUT2D eigenvalue weighted by Crippen LogP contribution is 2.30. The molecule has 0 heterocycles. The molecule has 0 aliphatic heterocycles. The monoisotopic (exact) mass is 411 g/mol. The molecule has 0 radical (unpaired) electrons. The first kappa shape index (κ1) is 21.7. The van der Waals surface area contributed by atoms with E-state index in [9.17, 15) is 18.4 Å². The number of esters is 1. The molecule has 0 spiro atoms. The highest BCUT2D eigenvalue weighted by molar-refractivity contribution is 5.96. The van der Waals surface area contributed by atoms with Crippen LogP contribution in [0.5, 0.6) is 23.0 Å². The minimum atomic E-state index is -3.04. The van der Waals surface area contributed by atoms with Gasteiger partial charge in [0.25, 0.3) is 5.91 Å². The maximum absolute atomic E-state index is 12.4. The maximum Gasteiger partial charge on any atom is 0.387 e. The average molecular weight is 411 g/mol. The first-order valence-electron chi connectivity index (χ1n) is 8.19. The molecule has 1 amide bonds. The Morgan fingerprint density at radius 1 is 0.931 bits per heavy atom. The van der Waals surface area contributed by atoms with Crippen LogP contribution in [0.3, 0.4) is 0 Å². The number of nitrogens with one attached hydrogen (secondary N) is 1. The largest absolute Gasteiger partial charge is 0.497 e. The molecule has 0 fully saturated rings. The van der Waals surface area contributed by atoms with Crippen molar-refractivity contribution in [1.29, 1.82) is 0 Å². The molecule has 29 heavy (non-hydrogen) atoms. The van der Waals surface area contributed by atoms with Crippen molar-refractivity contribution in [3.05, 3.63) is 42.0 Å². The Labute approximate surface area is 165 Å². The second kappa shape index (κ2) is 10.1. The molecular formula is C19H19F2NO7. The molecule has 0 aliphatic rings. The highest BCUT2D eigenvalue weighted by atomic mass is 19.3. The van der Waals surface area contributed by atoms with Gasteiger partial charge in [0.05, 0.1) is 26.9 Å². The van der Waals surface area contributed by atoms with Crippen molar-refractivity contribution < 1.29 is 42.1 Å². The summed E-state index contributed by atoms with van der Waals surface area (Å²) in [7, 11) is 4.17. The number of ether oxygens (including phenoxy) is 5. The van der Waals surface area contributed by atoms with Crippen molar-refractivity contribution in [1.82, 2.24) is 0 Å². The SMILES string of the molecule is COc1cc(NC(=O)COC(=O)c2ccc(OC(F)F)c(OC)c2)cc(OC)c1. The number of alkyl halides is 2. The Kier molecular flexibility index (Phi) is 7.58. The third kappa shape index (κ3) is 6.23. The zero-order chi connectivity index (χ0) is 21.4. The van der Waals surface area contributed by atoms with Crippen molar-refractivity contribution in [2.24, 2.45) is 0 Å². The normalized spacial score (nSPS) is 10.3. The first-order valence-corrected chi connectivity index (χ1v) is 8.19. The smallest absolute Gasteiger partial charge is 0.387 e. The number of hydrogen-bond acceptors (Lipinski definition) is 7. The minimum Gasteiger partial charge on any atom is -0.497 e. The molecule has 0 aliphatic carbocycles. The van der Waals surface area contributed by atoms with Gasteiger partial charge in [-0.25, -0.2) is 4.79 Å². The zero-order valence-electron chi connectivity index (χ0n) is 15.9. The molecule has 0 saturated heterocycles. The van der Waals surface area contributed by atoms with Gasteiger partial charge >= 0.3 is 12.6 Å². The van der Waals surface area contributed by atoms with E-state index >= 15 is 0 Å². The van der Waals surface area contributed by atoms with Crippen LogP contribution in [0.1, 0.15) is 10.4 Å². The number of rotatable bonds is 9. The summed E-state index contributed by atoms with van der Waals surface area (Å²) in [6, 6.07) is 8.29. The minimum absolute atomic E-state index is 0.000633. The van der Waals surface area contributed by atoms with Gasteiger partial charge in [-0.1, -0.05) is 0 Å². The molecule has 8 nitrogen and oxygen atoms in total. The van der Waals surface area contributed by atoms with Gasteiger partial charge in [0, 0.05) is 23.9 Å². The summed E-state index contributed by atoms with van der Waals surface area (Å²) in [5.74, 6) is -0.815. The van der Waals surface area contributed by atoms with Crippen LogP contribution in [0.2, 0.25) is 0 Å². The lowest BCUT2D eigenvalue weighted by Crippen LogP contribution is -2.21. The summed E-state index contributed by atoms with van der Waals surface area (Å²) >= 11 is 0. The molecule has 0 bridgehead atoms. The van der Waals surface area contributed by atoms with Gasteiger partial charge in [-0.05, 0) is 18.2 Å². The maximum atomic E-state index is 12.4. The van der Waals surface area contributed by atoms with Crippen LogP contribution >= 0.6 is 0 Å². The van der Waals surface area contributed by atoms with E-state index < -0.39 is 25.1 Å². The fourth-order valence-electron chi connectivity index (χ4n) is 2.28. The Bertz CT molecular complexity index is 851. The highest BCUT2D eigenvalue weighted by Gasteiger charge is 2.16. The second-order valence-electron chi connectivity index (χ2n) is 5.47. The van der Waals surface area contributed by atoms with E-state index in [1.54, 1.807) is 18.2 Å². The van der Waals surface area contributed by atoms with Crippen molar-refractivity contribution in [2.45, 2.75) is 6.61 Å². The van der Waals surface area contributed by atoms with Crippen molar-refractivity contribution in [3.8, 4) is 23.0 Å². The topological polar surface area (TPSA) is 92.3 Å². The molecule has 0 unspecified atom stereocenters. The van der Waals surface area contributed by atoms with Crippen LogP contribution in [0.25, 0.3) is 0 Å². The van der Waals surface area contributed by atoms with Gasteiger partial charge in [0.15, 0.2) is 18.1 Å². The van der Waals surface area contributed by atoms with Crippen LogP contribution in [-0.4, -0.2) is 46.4 Å². The fraction of sp³-hybridized carbons (Fsp3) is 0.263. The Morgan fingerprint density at radius 3 is 2.14 bits per heavy atom. The van der Waals surface area contributed by atoms with E-state index in [0.717, 1.165) is 6.07 Å². The van der Waals surface area contributed by atoms with Crippen LogP contribution in [-0.2, 0) is 9.53 Å². The molecule has 10 heteroatoms. The predicted octanol–water partition coefficient (Wildman–Crippen LogP) is 3.11. The lowest BCUT2D eigenvalue weighted by Gasteiger charge is -2.12. The van der Waals surface area contributed by atoms with E-state index in [1.165, 1.54) is 33.5 Å². The number of hydrogen-bond donors (Lipinski definition) is 1. The Hall–Kier alpha value is -3.56. The van der Waals surface area contributed by atoms with Crippen LogP contribution in [0, 0.1) is 0 Å².